The van der Waals surface area contributed by atoms with E-state index in [1.54, 1.807) is 0 Å². The molecule has 2 heterocycles. The number of benzene rings is 1. The Hall–Kier alpha value is -1.28. The van der Waals surface area contributed by atoms with Crippen molar-refractivity contribution in [3.05, 3.63) is 52.2 Å². The summed E-state index contributed by atoms with van der Waals surface area (Å²) in [7, 11) is 0. The Bertz CT molecular complexity index is 447. The van der Waals surface area contributed by atoms with Gasteiger partial charge in [0.25, 0.3) is 0 Å². The summed E-state index contributed by atoms with van der Waals surface area (Å²) < 4.78 is 0. The maximum atomic E-state index is 3.61. The molecule has 0 bridgehead atoms. The highest BCUT2D eigenvalue weighted by Gasteiger charge is 2.18. The monoisotopic (exact) mass is 215 g/mol. The van der Waals surface area contributed by atoms with Gasteiger partial charge < -0.3 is 5.32 Å². The molecule has 2 aromatic rings. The quantitative estimate of drug-likeness (QED) is 0.762. The fourth-order valence-corrected chi connectivity index (χ4v) is 2.95. The lowest BCUT2D eigenvalue weighted by Crippen LogP contribution is -2.16. The van der Waals surface area contributed by atoms with Crippen LogP contribution in [0.1, 0.15) is 22.9 Å². The molecule has 3 rings (SSSR count). The number of anilines is 1. The molecule has 0 spiro atoms. The number of hydrogen-bond acceptors (Lipinski definition) is 2. The predicted molar refractivity (Wildman–Crippen MR) is 65.4 cm³/mol. The van der Waals surface area contributed by atoms with Crippen molar-refractivity contribution in [1.29, 1.82) is 0 Å². The first-order valence-corrected chi connectivity index (χ1v) is 6.19. The summed E-state index contributed by atoms with van der Waals surface area (Å²) in [6, 6.07) is 13.5. The van der Waals surface area contributed by atoms with Crippen molar-refractivity contribution < 1.29 is 0 Å². The summed E-state index contributed by atoms with van der Waals surface area (Å²) in [5.41, 5.74) is 2.76. The number of fused-ring (bicyclic) bond motifs is 1. The minimum Gasteiger partial charge on any atom is -0.377 e. The van der Waals surface area contributed by atoms with Crippen molar-refractivity contribution in [1.82, 2.24) is 0 Å². The number of rotatable bonds is 1. The highest BCUT2D eigenvalue weighted by atomic mass is 32.1. The zero-order valence-corrected chi connectivity index (χ0v) is 9.26. The zero-order chi connectivity index (χ0) is 10.1. The van der Waals surface area contributed by atoms with Gasteiger partial charge in [-0.25, -0.2) is 0 Å². The molecule has 0 saturated carbocycles. The van der Waals surface area contributed by atoms with Gasteiger partial charge in [-0.05, 0) is 35.9 Å². The Kier molecular flexibility index (Phi) is 2.22. The molecular formula is C13H13NS. The average molecular weight is 215 g/mol. The van der Waals surface area contributed by atoms with E-state index in [1.807, 2.05) is 11.3 Å². The second-order valence-corrected chi connectivity index (χ2v) is 4.89. The van der Waals surface area contributed by atoms with Crippen LogP contribution in [0.25, 0.3) is 0 Å². The van der Waals surface area contributed by atoms with Crippen molar-refractivity contribution in [2.45, 2.75) is 18.9 Å². The molecule has 1 aromatic heterocycles. The van der Waals surface area contributed by atoms with E-state index < -0.39 is 0 Å². The summed E-state index contributed by atoms with van der Waals surface area (Å²) in [6.07, 6.45) is 2.39. The van der Waals surface area contributed by atoms with E-state index in [0.29, 0.717) is 6.04 Å². The molecule has 76 valence electrons. The number of hydrogen-bond donors (Lipinski definition) is 1. The van der Waals surface area contributed by atoms with Gasteiger partial charge in [0.2, 0.25) is 0 Å². The van der Waals surface area contributed by atoms with Crippen molar-refractivity contribution in [3.8, 4) is 0 Å². The zero-order valence-electron chi connectivity index (χ0n) is 8.44. The lowest BCUT2D eigenvalue weighted by atomic mass is 9.97. The first-order chi connectivity index (χ1) is 7.43. The van der Waals surface area contributed by atoms with Crippen LogP contribution in [-0.4, -0.2) is 0 Å². The summed E-state index contributed by atoms with van der Waals surface area (Å²) in [5, 5.41) is 5.76. The van der Waals surface area contributed by atoms with Gasteiger partial charge >= 0.3 is 0 Å². The summed E-state index contributed by atoms with van der Waals surface area (Å²) in [4.78, 5) is 1.45. The Morgan fingerprint density at radius 1 is 1.13 bits per heavy atom. The third-order valence-electron chi connectivity index (χ3n) is 2.94. The van der Waals surface area contributed by atoms with Gasteiger partial charge in [0.15, 0.2) is 0 Å². The van der Waals surface area contributed by atoms with Crippen LogP contribution in [0.15, 0.2) is 41.8 Å². The standard InChI is InChI=1S/C13H13NS/c1-2-5-11-10(4-1)7-8-12(14-11)13-6-3-9-15-13/h1-6,9,12,14H,7-8H2/t12-/m1/s1. The van der Waals surface area contributed by atoms with Gasteiger partial charge in [-0.1, -0.05) is 24.3 Å². The molecular weight excluding hydrogens is 202 g/mol. The lowest BCUT2D eigenvalue weighted by molar-refractivity contribution is 0.678. The minimum atomic E-state index is 0.514. The van der Waals surface area contributed by atoms with Crippen LogP contribution in [0.3, 0.4) is 0 Å². The molecule has 1 aliphatic rings. The molecule has 0 saturated heterocycles. The number of nitrogens with one attached hydrogen (secondary N) is 1. The molecule has 15 heavy (non-hydrogen) atoms. The van der Waals surface area contributed by atoms with Crippen LogP contribution in [0.2, 0.25) is 0 Å². The van der Waals surface area contributed by atoms with E-state index in [1.165, 1.54) is 29.0 Å². The molecule has 0 radical (unpaired) electrons. The van der Waals surface area contributed by atoms with Crippen LogP contribution in [0.4, 0.5) is 5.69 Å². The van der Waals surface area contributed by atoms with E-state index >= 15 is 0 Å². The number of para-hydroxylation sites is 1. The molecule has 2 heteroatoms. The SMILES string of the molecule is c1csc([C@H]2CCc3ccccc3N2)c1. The molecule has 0 fully saturated rings. The first kappa shape index (κ1) is 8.98. The second-order valence-electron chi connectivity index (χ2n) is 3.91. The number of thiophene rings is 1. The van der Waals surface area contributed by atoms with Crippen molar-refractivity contribution >= 4 is 17.0 Å². The maximum absolute atomic E-state index is 3.61. The molecule has 1 aliphatic heterocycles. The third-order valence-corrected chi connectivity index (χ3v) is 3.92. The van der Waals surface area contributed by atoms with Gasteiger partial charge in [-0.15, -0.1) is 11.3 Å². The van der Waals surface area contributed by atoms with Crippen LogP contribution >= 0.6 is 11.3 Å². The molecule has 0 aliphatic carbocycles. The normalized spacial score (nSPS) is 19.3. The van der Waals surface area contributed by atoms with Gasteiger partial charge in [0.1, 0.15) is 0 Å². The molecule has 1 aromatic carbocycles. The van der Waals surface area contributed by atoms with Gasteiger partial charge in [0, 0.05) is 10.6 Å². The fourth-order valence-electron chi connectivity index (χ4n) is 2.14. The average Bonchev–Trinajstić information content (AvgIpc) is 2.82. The van der Waals surface area contributed by atoms with E-state index in [2.05, 4.69) is 47.1 Å². The highest BCUT2D eigenvalue weighted by molar-refractivity contribution is 7.10. The Balaban J connectivity index is 1.89. The highest BCUT2D eigenvalue weighted by Crippen LogP contribution is 2.33. The maximum Gasteiger partial charge on any atom is 0.0609 e. The largest absolute Gasteiger partial charge is 0.377 e. The Morgan fingerprint density at radius 3 is 2.93 bits per heavy atom. The van der Waals surface area contributed by atoms with Crippen molar-refractivity contribution in [3.63, 3.8) is 0 Å². The second kappa shape index (κ2) is 3.70. The minimum absolute atomic E-state index is 0.514. The smallest absolute Gasteiger partial charge is 0.0609 e. The topological polar surface area (TPSA) is 12.0 Å². The van der Waals surface area contributed by atoms with Crippen molar-refractivity contribution in [2.24, 2.45) is 0 Å². The molecule has 0 unspecified atom stereocenters. The molecule has 1 N–H and O–H groups in total. The van der Waals surface area contributed by atoms with E-state index in [-0.39, 0.29) is 0 Å². The van der Waals surface area contributed by atoms with Gasteiger partial charge in [-0.3, -0.25) is 0 Å². The lowest BCUT2D eigenvalue weighted by Gasteiger charge is -2.26. The van der Waals surface area contributed by atoms with E-state index in [4.69, 9.17) is 0 Å². The summed E-state index contributed by atoms with van der Waals surface area (Å²) in [5.74, 6) is 0. The van der Waals surface area contributed by atoms with Gasteiger partial charge in [0.05, 0.1) is 6.04 Å². The van der Waals surface area contributed by atoms with Crippen LogP contribution in [-0.2, 0) is 6.42 Å². The molecule has 0 amide bonds. The number of aryl methyl sites for hydroxylation is 1. The third kappa shape index (κ3) is 1.65. The predicted octanol–water partition coefficient (Wildman–Crippen LogP) is 3.85. The fraction of sp³-hybridized carbons (Fsp3) is 0.231. The van der Waals surface area contributed by atoms with Crippen LogP contribution in [0.5, 0.6) is 0 Å². The Labute approximate surface area is 93.8 Å². The Morgan fingerprint density at radius 2 is 2.07 bits per heavy atom. The first-order valence-electron chi connectivity index (χ1n) is 5.31. The molecule has 1 nitrogen and oxygen atoms in total. The summed E-state index contributed by atoms with van der Waals surface area (Å²) >= 11 is 1.84. The van der Waals surface area contributed by atoms with Crippen molar-refractivity contribution in [2.75, 3.05) is 5.32 Å². The molecule has 1 atom stereocenters. The summed E-state index contributed by atoms with van der Waals surface area (Å²) in [6.45, 7) is 0. The van der Waals surface area contributed by atoms with E-state index in [9.17, 15) is 0 Å². The van der Waals surface area contributed by atoms with Crippen LogP contribution < -0.4 is 5.32 Å². The van der Waals surface area contributed by atoms with Crippen LogP contribution in [0, 0.1) is 0 Å². The van der Waals surface area contributed by atoms with Gasteiger partial charge in [-0.2, -0.15) is 0 Å². The van der Waals surface area contributed by atoms with E-state index in [0.717, 1.165) is 0 Å².